The van der Waals surface area contributed by atoms with Gasteiger partial charge in [-0.05, 0) is 6.42 Å². The van der Waals surface area contributed by atoms with Crippen LogP contribution in [0.15, 0.2) is 0 Å². The molecule has 0 aromatic heterocycles. The number of urea groups is 1. The Morgan fingerprint density at radius 2 is 1.65 bits per heavy atom. The van der Waals surface area contributed by atoms with Gasteiger partial charge in [0.15, 0.2) is 0 Å². The lowest BCUT2D eigenvalue weighted by molar-refractivity contribution is 0.122. The highest BCUT2D eigenvalue weighted by molar-refractivity contribution is 6.61. The van der Waals surface area contributed by atoms with Gasteiger partial charge in [-0.25, -0.2) is 4.79 Å². The second kappa shape index (κ2) is 9.37. The number of nitrogens with one attached hydrogen (secondary N) is 2. The fraction of sp³-hybridized carbons (Fsp3) is 0.889. The van der Waals surface area contributed by atoms with Crippen LogP contribution in [-0.2, 0) is 18.0 Å². The Balaban J connectivity index is 3.81. The lowest BCUT2D eigenvalue weighted by atomic mass is 10.4. The molecule has 0 bridgehead atoms. The Morgan fingerprint density at radius 3 is 2.12 bits per heavy atom. The minimum atomic E-state index is -2.73. The third-order valence-corrected chi connectivity index (χ3v) is 4.69. The van der Waals surface area contributed by atoms with Crippen LogP contribution in [0.5, 0.6) is 0 Å². The molecule has 0 aromatic rings. The summed E-state index contributed by atoms with van der Waals surface area (Å²) in [5.74, 6) is 0. The molecule has 0 saturated heterocycles. The van der Waals surface area contributed by atoms with E-state index in [4.69, 9.17) is 18.0 Å². The number of methoxy groups -OCH3 is 1. The van der Waals surface area contributed by atoms with Crippen molar-refractivity contribution in [1.82, 2.24) is 10.6 Å². The summed E-state index contributed by atoms with van der Waals surface area (Å²) in [6.07, 6.45) is 0.998. The first-order chi connectivity index (χ1) is 8.14. The van der Waals surface area contributed by atoms with Gasteiger partial charge >= 0.3 is 14.8 Å². The van der Waals surface area contributed by atoms with Crippen LogP contribution in [0.1, 0.15) is 6.42 Å². The molecule has 8 heteroatoms. The van der Waals surface area contributed by atoms with Crippen molar-refractivity contribution >= 4 is 14.8 Å². The summed E-state index contributed by atoms with van der Waals surface area (Å²) >= 11 is 0. The summed E-state index contributed by atoms with van der Waals surface area (Å²) in [5, 5.41) is 5.34. The van der Waals surface area contributed by atoms with Gasteiger partial charge in [-0.15, -0.1) is 0 Å². The van der Waals surface area contributed by atoms with Crippen LogP contribution in [0, 0.1) is 0 Å². The highest BCUT2D eigenvalue weighted by atomic mass is 28.4. The zero-order valence-electron chi connectivity index (χ0n) is 10.9. The molecule has 2 N–H and O–H groups in total. The van der Waals surface area contributed by atoms with E-state index in [-0.39, 0.29) is 12.2 Å². The largest absolute Gasteiger partial charge is 0.520 e. The lowest BCUT2D eigenvalue weighted by Gasteiger charge is -2.24. The summed E-state index contributed by atoms with van der Waals surface area (Å²) in [4.78, 5) is 11.4. The molecule has 17 heavy (non-hydrogen) atoms. The third-order valence-electron chi connectivity index (χ3n) is 2.21. The highest BCUT2D eigenvalue weighted by Crippen LogP contribution is 2.03. The van der Waals surface area contributed by atoms with E-state index < -0.39 is 8.80 Å². The summed E-state index contributed by atoms with van der Waals surface area (Å²) < 4.78 is 20.4. The van der Waals surface area contributed by atoms with E-state index in [9.17, 15) is 4.79 Å². The minimum Gasteiger partial charge on any atom is -0.385 e. The maximum atomic E-state index is 11.4. The number of rotatable bonds is 9. The van der Waals surface area contributed by atoms with Crippen molar-refractivity contribution in [3.05, 3.63) is 0 Å². The molecule has 2 amide bonds. The molecule has 0 radical (unpaired) electrons. The van der Waals surface area contributed by atoms with E-state index in [0.29, 0.717) is 13.2 Å². The lowest BCUT2D eigenvalue weighted by Crippen LogP contribution is -2.54. The van der Waals surface area contributed by atoms with Gasteiger partial charge < -0.3 is 28.6 Å². The number of hydrogen-bond donors (Lipinski definition) is 2. The fourth-order valence-corrected chi connectivity index (χ4v) is 2.45. The molecule has 0 heterocycles. The van der Waals surface area contributed by atoms with Crippen LogP contribution in [0.3, 0.4) is 0 Å². The molecule has 102 valence electrons. The molecule has 0 aliphatic rings. The van der Waals surface area contributed by atoms with Crippen LogP contribution in [-0.4, -0.2) is 62.6 Å². The Kier molecular flexibility index (Phi) is 9.00. The fourth-order valence-electron chi connectivity index (χ4n) is 1.14. The molecule has 0 rings (SSSR count). The molecule has 0 aliphatic heterocycles. The molecule has 0 unspecified atom stereocenters. The number of amides is 2. The first kappa shape index (κ1) is 16.3. The van der Waals surface area contributed by atoms with Crippen molar-refractivity contribution in [1.29, 1.82) is 0 Å². The molecule has 0 atom stereocenters. The standard InChI is InChI=1S/C9H22N2O5Si/c1-13-7-5-6-10-9(12)11-8-17(14-2,15-3)16-4/h5-8H2,1-4H3,(H2,10,11,12). The number of ether oxygens (including phenoxy) is 1. The molecule has 0 aliphatic carbocycles. The van der Waals surface area contributed by atoms with Crippen molar-refractivity contribution in [2.75, 3.05) is 47.8 Å². The molecule has 0 fully saturated rings. The van der Waals surface area contributed by atoms with Gasteiger partial charge in [0.1, 0.15) is 0 Å². The monoisotopic (exact) mass is 266 g/mol. The van der Waals surface area contributed by atoms with Crippen molar-refractivity contribution in [2.45, 2.75) is 6.42 Å². The quantitative estimate of drug-likeness (QED) is 0.444. The van der Waals surface area contributed by atoms with Gasteiger partial charge in [-0.3, -0.25) is 0 Å². The average molecular weight is 266 g/mol. The van der Waals surface area contributed by atoms with Crippen LogP contribution < -0.4 is 10.6 Å². The first-order valence-corrected chi connectivity index (χ1v) is 7.23. The molecule has 0 saturated carbocycles. The van der Waals surface area contributed by atoms with Crippen molar-refractivity contribution in [2.24, 2.45) is 0 Å². The van der Waals surface area contributed by atoms with Gasteiger partial charge in [-0.1, -0.05) is 0 Å². The van der Waals surface area contributed by atoms with E-state index in [0.717, 1.165) is 6.42 Å². The molecule has 0 spiro atoms. The Morgan fingerprint density at radius 1 is 1.06 bits per heavy atom. The number of carbonyl (C=O) groups is 1. The summed E-state index contributed by atoms with van der Waals surface area (Å²) in [6, 6.07) is -0.274. The van der Waals surface area contributed by atoms with Crippen molar-refractivity contribution in [3.8, 4) is 0 Å². The summed E-state index contributed by atoms with van der Waals surface area (Å²) in [7, 11) is 3.38. The van der Waals surface area contributed by atoms with Gasteiger partial charge in [0.2, 0.25) is 0 Å². The number of carbonyl (C=O) groups excluding carboxylic acids is 1. The van der Waals surface area contributed by atoms with E-state index >= 15 is 0 Å². The Hall–Kier alpha value is -0.673. The predicted molar refractivity (Wildman–Crippen MR) is 64.7 cm³/mol. The molecular weight excluding hydrogens is 244 g/mol. The van der Waals surface area contributed by atoms with E-state index in [1.165, 1.54) is 21.3 Å². The molecule has 7 nitrogen and oxygen atoms in total. The first-order valence-electron chi connectivity index (χ1n) is 5.30. The smallest absolute Gasteiger partial charge is 0.385 e. The zero-order chi connectivity index (χ0) is 13.1. The van der Waals surface area contributed by atoms with Crippen LogP contribution >= 0.6 is 0 Å². The minimum absolute atomic E-state index is 0.229. The SMILES string of the molecule is COCCCNC(=O)NC[Si](OC)(OC)OC. The van der Waals surface area contributed by atoms with Crippen molar-refractivity contribution < 1.29 is 22.8 Å². The zero-order valence-corrected chi connectivity index (χ0v) is 11.9. The second-order valence-electron chi connectivity index (χ2n) is 3.25. The Labute approximate surface area is 103 Å². The van der Waals surface area contributed by atoms with Crippen LogP contribution in [0.2, 0.25) is 0 Å². The van der Waals surface area contributed by atoms with Crippen LogP contribution in [0.25, 0.3) is 0 Å². The van der Waals surface area contributed by atoms with Crippen LogP contribution in [0.4, 0.5) is 4.79 Å². The Bertz CT molecular complexity index is 205. The second-order valence-corrected chi connectivity index (χ2v) is 6.20. The summed E-state index contributed by atoms with van der Waals surface area (Å²) in [6.45, 7) is 1.17. The van der Waals surface area contributed by atoms with E-state index in [1.54, 1.807) is 7.11 Å². The normalized spacial score (nSPS) is 11.3. The van der Waals surface area contributed by atoms with E-state index in [2.05, 4.69) is 10.6 Å². The van der Waals surface area contributed by atoms with Gasteiger partial charge in [0.25, 0.3) is 0 Å². The highest BCUT2D eigenvalue weighted by Gasteiger charge is 2.38. The average Bonchev–Trinajstić information content (AvgIpc) is 2.37. The predicted octanol–water partition coefficient (Wildman–Crippen LogP) is -0.261. The van der Waals surface area contributed by atoms with E-state index in [1.807, 2.05) is 0 Å². The maximum absolute atomic E-state index is 11.4. The molecular formula is C9H22N2O5Si. The van der Waals surface area contributed by atoms with Gasteiger partial charge in [0.05, 0.1) is 6.17 Å². The van der Waals surface area contributed by atoms with Gasteiger partial charge in [-0.2, -0.15) is 0 Å². The van der Waals surface area contributed by atoms with Gasteiger partial charge in [0, 0.05) is 41.6 Å². The maximum Gasteiger partial charge on any atom is 0.520 e. The van der Waals surface area contributed by atoms with Crippen molar-refractivity contribution in [3.63, 3.8) is 0 Å². The number of hydrogen-bond acceptors (Lipinski definition) is 5. The molecule has 0 aromatic carbocycles. The summed E-state index contributed by atoms with van der Waals surface area (Å²) in [5.41, 5.74) is 0. The topological polar surface area (TPSA) is 78.1 Å². The third kappa shape index (κ3) is 6.59.